The quantitative estimate of drug-likeness (QED) is 0.678. The third-order valence-electron chi connectivity index (χ3n) is 4.51. The fourth-order valence-electron chi connectivity index (χ4n) is 3.23. The largest absolute Gasteiger partial charge is 0.300 e. The summed E-state index contributed by atoms with van der Waals surface area (Å²) in [5.74, 6) is -0.0782. The first kappa shape index (κ1) is 20.0. The Balaban J connectivity index is 1.77. The summed E-state index contributed by atoms with van der Waals surface area (Å²) in [7, 11) is -3.36. The molecule has 136 valence electrons. The zero-order valence-corrected chi connectivity index (χ0v) is 16.4. The van der Waals surface area contributed by atoms with E-state index in [1.807, 2.05) is 0 Å². The minimum atomic E-state index is -3.36. The molecular weight excluding hydrogens is 367 g/mol. The van der Waals surface area contributed by atoms with Crippen molar-refractivity contribution in [3.8, 4) is 0 Å². The van der Waals surface area contributed by atoms with Gasteiger partial charge in [0.2, 0.25) is 10.0 Å². The molecule has 1 aliphatic heterocycles. The van der Waals surface area contributed by atoms with Gasteiger partial charge >= 0.3 is 0 Å². The molecule has 1 aromatic rings. The summed E-state index contributed by atoms with van der Waals surface area (Å²) in [6.07, 6.45) is 5.82. The lowest BCUT2D eigenvalue weighted by Gasteiger charge is -2.35. The summed E-state index contributed by atoms with van der Waals surface area (Å²) < 4.78 is 27.0. The molecule has 24 heavy (non-hydrogen) atoms. The lowest BCUT2D eigenvalue weighted by atomic mass is 10.00. The van der Waals surface area contributed by atoms with E-state index in [2.05, 4.69) is 16.5 Å². The summed E-state index contributed by atoms with van der Waals surface area (Å²) in [5, 5.41) is 0.804. The number of hydrogen-bond acceptors (Lipinski definition) is 3. The second-order valence-corrected chi connectivity index (χ2v) is 8.97. The van der Waals surface area contributed by atoms with Crippen LogP contribution in [0.15, 0.2) is 18.2 Å². The van der Waals surface area contributed by atoms with Crippen molar-refractivity contribution in [3.63, 3.8) is 0 Å². The minimum Gasteiger partial charge on any atom is -0.300 e. The highest BCUT2D eigenvalue weighted by molar-refractivity contribution is 7.88. The Morgan fingerprint density at radius 2 is 2.04 bits per heavy atom. The predicted octanol–water partition coefficient (Wildman–Crippen LogP) is 4.07. The molecule has 1 aromatic carbocycles. The monoisotopic (exact) mass is 392 g/mol. The summed E-state index contributed by atoms with van der Waals surface area (Å²) in [6, 6.07) is 5.57. The van der Waals surface area contributed by atoms with Crippen LogP contribution in [0.4, 0.5) is 0 Å². The fourth-order valence-corrected chi connectivity index (χ4v) is 4.72. The van der Waals surface area contributed by atoms with E-state index in [0.29, 0.717) is 28.2 Å². The van der Waals surface area contributed by atoms with E-state index in [1.54, 1.807) is 18.2 Å². The Labute approximate surface area is 155 Å². The molecule has 2 rings (SSSR count). The molecule has 0 saturated carbocycles. The maximum atomic E-state index is 12.2. The van der Waals surface area contributed by atoms with Gasteiger partial charge in [-0.15, -0.1) is 0 Å². The van der Waals surface area contributed by atoms with Gasteiger partial charge in [0.1, 0.15) is 0 Å². The highest BCUT2D eigenvalue weighted by atomic mass is 35.5. The second-order valence-electron chi connectivity index (χ2n) is 6.35. The third kappa shape index (κ3) is 6.19. The normalized spacial score (nSPS) is 19.5. The number of nitrogens with one attached hydrogen (secondary N) is 1. The van der Waals surface area contributed by atoms with Crippen molar-refractivity contribution in [2.24, 2.45) is 0 Å². The number of hydrogen-bond donors (Lipinski definition) is 1. The minimum absolute atomic E-state index is 0.0782. The Morgan fingerprint density at radius 1 is 1.25 bits per heavy atom. The van der Waals surface area contributed by atoms with Crippen molar-refractivity contribution < 1.29 is 8.42 Å². The number of nitrogens with zero attached hydrogens (tertiary/aromatic N) is 1. The molecule has 1 fully saturated rings. The Hall–Kier alpha value is -0.330. The molecule has 0 bridgehead atoms. The molecule has 7 heteroatoms. The van der Waals surface area contributed by atoms with Gasteiger partial charge in [-0.3, -0.25) is 0 Å². The van der Waals surface area contributed by atoms with Crippen LogP contribution in [-0.2, 0) is 15.8 Å². The van der Waals surface area contributed by atoms with Gasteiger partial charge in [0.15, 0.2) is 0 Å². The molecule has 1 atom stereocenters. The van der Waals surface area contributed by atoms with Crippen LogP contribution in [0.5, 0.6) is 0 Å². The standard InChI is InChI=1S/C17H26Cl2N2O2S/c1-2-15-6-3-4-10-21(15)11-5-9-20-24(22,23)13-14-7-8-16(18)17(19)12-14/h7-8,12,15,20H,2-6,9-11,13H2,1H3/t15-/m1/s1. The van der Waals surface area contributed by atoms with Crippen LogP contribution >= 0.6 is 23.2 Å². The molecule has 1 N–H and O–H groups in total. The molecule has 1 aliphatic rings. The van der Waals surface area contributed by atoms with Crippen molar-refractivity contribution in [1.82, 2.24) is 9.62 Å². The molecular formula is C17H26Cl2N2O2S. The maximum absolute atomic E-state index is 12.2. The summed E-state index contributed by atoms with van der Waals surface area (Å²) in [4.78, 5) is 2.50. The molecule has 0 aromatic heterocycles. The van der Waals surface area contributed by atoms with Crippen LogP contribution in [0.3, 0.4) is 0 Å². The molecule has 0 aliphatic carbocycles. The Bertz CT molecular complexity index is 637. The van der Waals surface area contributed by atoms with Gasteiger partial charge in [-0.05, 0) is 56.5 Å². The molecule has 1 saturated heterocycles. The second kappa shape index (κ2) is 9.39. The van der Waals surface area contributed by atoms with E-state index in [4.69, 9.17) is 23.2 Å². The average Bonchev–Trinajstić information content (AvgIpc) is 2.55. The zero-order valence-electron chi connectivity index (χ0n) is 14.1. The van der Waals surface area contributed by atoms with Gasteiger partial charge in [-0.1, -0.05) is 42.6 Å². The van der Waals surface area contributed by atoms with Crippen LogP contribution in [-0.4, -0.2) is 39.0 Å². The van der Waals surface area contributed by atoms with Crippen molar-refractivity contribution >= 4 is 33.2 Å². The summed E-state index contributed by atoms with van der Waals surface area (Å²) >= 11 is 11.8. The van der Waals surface area contributed by atoms with Gasteiger partial charge in [-0.2, -0.15) is 0 Å². The average molecular weight is 393 g/mol. The number of benzene rings is 1. The zero-order chi connectivity index (χ0) is 17.6. The smallest absolute Gasteiger partial charge is 0.215 e. The van der Waals surface area contributed by atoms with Gasteiger partial charge in [0, 0.05) is 12.6 Å². The van der Waals surface area contributed by atoms with Crippen LogP contribution in [0.2, 0.25) is 10.0 Å². The summed E-state index contributed by atoms with van der Waals surface area (Å²) in [5.41, 5.74) is 0.638. The lowest BCUT2D eigenvalue weighted by molar-refractivity contribution is 0.143. The predicted molar refractivity (Wildman–Crippen MR) is 101 cm³/mol. The number of likely N-dealkylation sites (tertiary alicyclic amines) is 1. The van der Waals surface area contributed by atoms with Crippen LogP contribution in [0.25, 0.3) is 0 Å². The molecule has 0 spiro atoms. The van der Waals surface area contributed by atoms with Crippen molar-refractivity contribution in [3.05, 3.63) is 33.8 Å². The third-order valence-corrected chi connectivity index (χ3v) is 6.60. The van der Waals surface area contributed by atoms with E-state index < -0.39 is 10.0 Å². The molecule has 0 radical (unpaired) electrons. The van der Waals surface area contributed by atoms with E-state index in [0.717, 1.165) is 19.5 Å². The number of rotatable bonds is 8. The first-order valence-corrected chi connectivity index (χ1v) is 11.0. The highest BCUT2D eigenvalue weighted by Gasteiger charge is 2.20. The molecule has 0 unspecified atom stereocenters. The lowest BCUT2D eigenvalue weighted by Crippen LogP contribution is -2.40. The van der Waals surface area contributed by atoms with E-state index >= 15 is 0 Å². The van der Waals surface area contributed by atoms with Gasteiger partial charge in [0.05, 0.1) is 15.8 Å². The Kier molecular flexibility index (Phi) is 7.82. The molecule has 0 amide bonds. The topological polar surface area (TPSA) is 49.4 Å². The van der Waals surface area contributed by atoms with Crippen LogP contribution in [0.1, 0.15) is 44.6 Å². The maximum Gasteiger partial charge on any atom is 0.215 e. The van der Waals surface area contributed by atoms with Crippen LogP contribution in [0, 0.1) is 0 Å². The summed E-state index contributed by atoms with van der Waals surface area (Å²) in [6.45, 7) is 4.78. The van der Waals surface area contributed by atoms with Gasteiger partial charge in [-0.25, -0.2) is 13.1 Å². The van der Waals surface area contributed by atoms with Crippen molar-refractivity contribution in [2.45, 2.75) is 50.8 Å². The number of halogens is 2. The van der Waals surface area contributed by atoms with E-state index in [9.17, 15) is 8.42 Å². The van der Waals surface area contributed by atoms with E-state index in [-0.39, 0.29) is 5.75 Å². The first-order valence-electron chi connectivity index (χ1n) is 8.56. The Morgan fingerprint density at radius 3 is 2.75 bits per heavy atom. The molecule has 4 nitrogen and oxygen atoms in total. The number of sulfonamides is 1. The number of piperidine rings is 1. The molecule has 1 heterocycles. The van der Waals surface area contributed by atoms with Crippen molar-refractivity contribution in [2.75, 3.05) is 19.6 Å². The first-order chi connectivity index (χ1) is 11.4. The van der Waals surface area contributed by atoms with Crippen molar-refractivity contribution in [1.29, 1.82) is 0 Å². The van der Waals surface area contributed by atoms with Crippen LogP contribution < -0.4 is 4.72 Å². The van der Waals surface area contributed by atoms with Gasteiger partial charge < -0.3 is 4.90 Å². The van der Waals surface area contributed by atoms with E-state index in [1.165, 1.54) is 25.7 Å². The SMILES string of the molecule is CC[C@@H]1CCCCN1CCCNS(=O)(=O)Cc1ccc(Cl)c(Cl)c1. The fraction of sp³-hybridized carbons (Fsp3) is 0.647. The highest BCUT2D eigenvalue weighted by Crippen LogP contribution is 2.23. The van der Waals surface area contributed by atoms with Gasteiger partial charge in [0.25, 0.3) is 0 Å².